The Hall–Kier alpha value is -1.68. The van der Waals surface area contributed by atoms with E-state index in [4.69, 9.17) is 0 Å². The van der Waals surface area contributed by atoms with Crippen LogP contribution in [0.5, 0.6) is 0 Å². The van der Waals surface area contributed by atoms with Gasteiger partial charge in [0.2, 0.25) is 5.91 Å². The zero-order valence-corrected chi connectivity index (χ0v) is 15.1. The van der Waals surface area contributed by atoms with Gasteiger partial charge in [-0.25, -0.2) is 4.39 Å². The van der Waals surface area contributed by atoms with E-state index >= 15 is 0 Å². The van der Waals surface area contributed by atoms with Gasteiger partial charge in [0.25, 0.3) is 0 Å². The van der Waals surface area contributed by atoms with Crippen LogP contribution in [0.15, 0.2) is 29.8 Å². The number of piperidine rings is 1. The standard InChI is InChI=1S/C21H27FN2O/c1-16(25)24-15-21(19-13-18(22)7-8-20(19)24)9-11-23(12-10-21)14-17-5-3-2-4-6-17/h5,7-8,13H,2-4,6,9-12,14-15H2,1H3. The first-order valence-corrected chi connectivity index (χ1v) is 9.56. The van der Waals surface area contributed by atoms with Gasteiger partial charge in [0, 0.05) is 31.1 Å². The Kier molecular flexibility index (Phi) is 4.40. The fourth-order valence-electron chi connectivity index (χ4n) is 4.82. The van der Waals surface area contributed by atoms with E-state index in [9.17, 15) is 9.18 Å². The van der Waals surface area contributed by atoms with Gasteiger partial charge in [0.05, 0.1) is 0 Å². The van der Waals surface area contributed by atoms with E-state index in [0.29, 0.717) is 6.54 Å². The van der Waals surface area contributed by atoms with Crippen molar-refractivity contribution >= 4 is 11.6 Å². The van der Waals surface area contributed by atoms with Crippen LogP contribution in [0.1, 0.15) is 51.0 Å². The second kappa shape index (κ2) is 6.56. The lowest BCUT2D eigenvalue weighted by atomic mass is 9.74. The number of carbonyl (C=O) groups is 1. The number of rotatable bonds is 2. The highest BCUT2D eigenvalue weighted by atomic mass is 19.1. The van der Waals surface area contributed by atoms with Gasteiger partial charge in [0.1, 0.15) is 5.82 Å². The molecule has 4 heteroatoms. The molecule has 1 aliphatic carbocycles. The highest BCUT2D eigenvalue weighted by Gasteiger charge is 2.45. The second-order valence-corrected chi connectivity index (χ2v) is 7.93. The zero-order valence-electron chi connectivity index (χ0n) is 15.1. The lowest BCUT2D eigenvalue weighted by Gasteiger charge is -2.40. The fourth-order valence-corrected chi connectivity index (χ4v) is 4.82. The number of hydrogen-bond acceptors (Lipinski definition) is 2. The topological polar surface area (TPSA) is 23.6 Å². The van der Waals surface area contributed by atoms with Crippen molar-refractivity contribution in [2.75, 3.05) is 31.1 Å². The number of halogens is 1. The molecule has 25 heavy (non-hydrogen) atoms. The molecule has 134 valence electrons. The van der Waals surface area contributed by atoms with E-state index in [1.807, 2.05) is 4.90 Å². The van der Waals surface area contributed by atoms with Crippen molar-refractivity contribution in [1.82, 2.24) is 4.90 Å². The van der Waals surface area contributed by atoms with Crippen LogP contribution in [0, 0.1) is 5.82 Å². The summed E-state index contributed by atoms with van der Waals surface area (Å²) in [7, 11) is 0. The summed E-state index contributed by atoms with van der Waals surface area (Å²) < 4.78 is 13.9. The van der Waals surface area contributed by atoms with Gasteiger partial charge >= 0.3 is 0 Å². The molecule has 3 nitrogen and oxygen atoms in total. The number of allylic oxidation sites excluding steroid dienone is 1. The maximum absolute atomic E-state index is 13.9. The Labute approximate surface area is 149 Å². The monoisotopic (exact) mass is 342 g/mol. The summed E-state index contributed by atoms with van der Waals surface area (Å²) in [6.07, 6.45) is 9.55. The van der Waals surface area contributed by atoms with Crippen molar-refractivity contribution in [3.05, 3.63) is 41.2 Å². The Morgan fingerprint density at radius 2 is 2.04 bits per heavy atom. The molecule has 0 atom stereocenters. The van der Waals surface area contributed by atoms with Crippen LogP contribution in [0.4, 0.5) is 10.1 Å². The first-order chi connectivity index (χ1) is 12.1. The molecule has 0 unspecified atom stereocenters. The average Bonchev–Trinajstić information content (AvgIpc) is 2.92. The number of carbonyl (C=O) groups excluding carboxylic acids is 1. The minimum Gasteiger partial charge on any atom is -0.311 e. The van der Waals surface area contributed by atoms with Crippen molar-refractivity contribution in [3.8, 4) is 0 Å². The van der Waals surface area contributed by atoms with E-state index in [0.717, 1.165) is 43.7 Å². The molecular formula is C21H27FN2O. The zero-order chi connectivity index (χ0) is 17.4. The van der Waals surface area contributed by atoms with E-state index in [-0.39, 0.29) is 17.1 Å². The molecule has 2 heterocycles. The van der Waals surface area contributed by atoms with Crippen LogP contribution in [0.25, 0.3) is 0 Å². The van der Waals surface area contributed by atoms with Gasteiger partial charge in [-0.15, -0.1) is 0 Å². The third-order valence-corrected chi connectivity index (χ3v) is 6.29. The first kappa shape index (κ1) is 16.8. The number of hydrogen-bond donors (Lipinski definition) is 0. The molecule has 1 saturated heterocycles. The summed E-state index contributed by atoms with van der Waals surface area (Å²) in [4.78, 5) is 16.4. The smallest absolute Gasteiger partial charge is 0.223 e. The van der Waals surface area contributed by atoms with Crippen molar-refractivity contribution in [2.24, 2.45) is 0 Å². The van der Waals surface area contributed by atoms with Crippen LogP contribution >= 0.6 is 0 Å². The minimum absolute atomic E-state index is 0.0551. The molecule has 2 aliphatic heterocycles. The first-order valence-electron chi connectivity index (χ1n) is 9.56. The predicted octanol–water partition coefficient (Wildman–Crippen LogP) is 4.03. The normalized spacial score (nSPS) is 22.8. The molecule has 1 aromatic carbocycles. The van der Waals surface area contributed by atoms with Crippen LogP contribution in [0.2, 0.25) is 0 Å². The maximum Gasteiger partial charge on any atom is 0.223 e. The molecule has 0 N–H and O–H groups in total. The molecule has 0 radical (unpaired) electrons. The summed E-state index contributed by atoms with van der Waals surface area (Å²) in [5, 5.41) is 0. The number of amides is 1. The van der Waals surface area contributed by atoms with Crippen LogP contribution in [-0.4, -0.2) is 37.0 Å². The van der Waals surface area contributed by atoms with Crippen molar-refractivity contribution < 1.29 is 9.18 Å². The summed E-state index contributed by atoms with van der Waals surface area (Å²) in [5.74, 6) is -0.141. The molecule has 0 saturated carbocycles. The Morgan fingerprint density at radius 1 is 1.24 bits per heavy atom. The fraction of sp³-hybridized carbons (Fsp3) is 0.571. The number of fused-ring (bicyclic) bond motifs is 2. The third kappa shape index (κ3) is 3.12. The van der Waals surface area contributed by atoms with E-state index in [1.165, 1.54) is 31.7 Å². The molecule has 3 aliphatic rings. The van der Waals surface area contributed by atoms with Gasteiger partial charge in [-0.1, -0.05) is 11.6 Å². The van der Waals surface area contributed by atoms with Gasteiger partial charge < -0.3 is 4.90 Å². The highest BCUT2D eigenvalue weighted by molar-refractivity contribution is 5.94. The predicted molar refractivity (Wildman–Crippen MR) is 98.3 cm³/mol. The van der Waals surface area contributed by atoms with E-state index in [1.54, 1.807) is 24.6 Å². The second-order valence-electron chi connectivity index (χ2n) is 7.93. The number of anilines is 1. The maximum atomic E-state index is 13.9. The number of likely N-dealkylation sites (tertiary alicyclic amines) is 1. The lowest BCUT2D eigenvalue weighted by molar-refractivity contribution is -0.116. The average molecular weight is 342 g/mol. The number of benzene rings is 1. The Bertz CT molecular complexity index is 704. The SMILES string of the molecule is CC(=O)N1CC2(CCN(CC3=CCCCC3)CC2)c2cc(F)ccc21. The quantitative estimate of drug-likeness (QED) is 0.758. The van der Waals surface area contributed by atoms with Crippen molar-refractivity contribution in [3.63, 3.8) is 0 Å². The third-order valence-electron chi connectivity index (χ3n) is 6.29. The summed E-state index contributed by atoms with van der Waals surface area (Å²) in [6, 6.07) is 4.91. The molecule has 0 aromatic heterocycles. The molecular weight excluding hydrogens is 315 g/mol. The van der Waals surface area contributed by atoms with Crippen LogP contribution in [0.3, 0.4) is 0 Å². The Morgan fingerprint density at radius 3 is 2.72 bits per heavy atom. The van der Waals surface area contributed by atoms with Gasteiger partial charge in [-0.2, -0.15) is 0 Å². The van der Waals surface area contributed by atoms with Crippen molar-refractivity contribution in [1.29, 1.82) is 0 Å². The molecule has 0 bridgehead atoms. The van der Waals surface area contributed by atoms with E-state index in [2.05, 4.69) is 11.0 Å². The highest BCUT2D eigenvalue weighted by Crippen LogP contribution is 2.47. The van der Waals surface area contributed by atoms with Crippen LogP contribution in [-0.2, 0) is 10.2 Å². The molecule has 1 fully saturated rings. The minimum atomic E-state index is -0.196. The summed E-state index contributed by atoms with van der Waals surface area (Å²) in [6.45, 7) is 5.45. The van der Waals surface area contributed by atoms with Crippen LogP contribution < -0.4 is 4.90 Å². The number of nitrogens with zero attached hydrogens (tertiary/aromatic N) is 2. The Balaban J connectivity index is 1.51. The molecule has 1 amide bonds. The van der Waals surface area contributed by atoms with Gasteiger partial charge in [-0.3, -0.25) is 9.69 Å². The van der Waals surface area contributed by atoms with Crippen molar-refractivity contribution in [2.45, 2.75) is 50.9 Å². The largest absolute Gasteiger partial charge is 0.311 e. The van der Waals surface area contributed by atoms with E-state index < -0.39 is 0 Å². The molecule has 1 aromatic rings. The summed E-state index contributed by atoms with van der Waals surface area (Å²) in [5.41, 5.74) is 3.47. The summed E-state index contributed by atoms with van der Waals surface area (Å²) >= 11 is 0. The molecule has 1 spiro atoms. The van der Waals surface area contributed by atoms with Gasteiger partial charge in [0.15, 0.2) is 0 Å². The molecule has 4 rings (SSSR count). The lowest BCUT2D eigenvalue weighted by Crippen LogP contribution is -2.46. The van der Waals surface area contributed by atoms with Gasteiger partial charge in [-0.05, 0) is 75.4 Å².